The van der Waals surface area contributed by atoms with Crippen LogP contribution in [-0.4, -0.2) is 5.97 Å². The second kappa shape index (κ2) is 6.23. The minimum Gasteiger partial charge on any atom is -0.426 e. The molecule has 0 aromatic heterocycles. The lowest BCUT2D eigenvalue weighted by molar-refractivity contribution is -0.134. The third-order valence-electron chi connectivity index (χ3n) is 2.30. The molecular weight excluding hydrogens is 188 g/mol. The van der Waals surface area contributed by atoms with Crippen LogP contribution < -0.4 is 4.74 Å². The molecule has 2 heteroatoms. The summed E-state index contributed by atoms with van der Waals surface area (Å²) in [5.74, 6) is 0.553. The van der Waals surface area contributed by atoms with Crippen molar-refractivity contribution in [1.29, 1.82) is 0 Å². The number of carbonyl (C=O) groups excluding carboxylic acids is 1. The highest BCUT2D eigenvalue weighted by molar-refractivity contribution is 5.72. The van der Waals surface area contributed by atoms with Gasteiger partial charge in [-0.05, 0) is 25.0 Å². The summed E-state index contributed by atoms with van der Waals surface area (Å²) in [5, 5.41) is 0. The number of carbonyl (C=O) groups is 1. The van der Waals surface area contributed by atoms with Crippen LogP contribution in [0.4, 0.5) is 0 Å². The first-order valence-corrected chi connectivity index (χ1v) is 5.50. The van der Waals surface area contributed by atoms with Crippen LogP contribution in [-0.2, 0) is 4.79 Å². The van der Waals surface area contributed by atoms with Crippen LogP contribution in [0.1, 0.15) is 38.2 Å². The Morgan fingerprint density at radius 3 is 2.67 bits per heavy atom. The van der Waals surface area contributed by atoms with Gasteiger partial charge < -0.3 is 4.74 Å². The standard InChI is InChI=1S/C13H18O2/c1-3-4-5-10-13(14)15-12-9-7-6-8-11(12)2/h6-9H,3-5,10H2,1-2H3. The molecule has 1 aromatic rings. The van der Waals surface area contributed by atoms with E-state index in [1.807, 2.05) is 31.2 Å². The first-order valence-electron chi connectivity index (χ1n) is 5.50. The maximum Gasteiger partial charge on any atom is 0.311 e. The molecule has 0 aliphatic carbocycles. The maximum atomic E-state index is 11.4. The summed E-state index contributed by atoms with van der Waals surface area (Å²) in [6.07, 6.45) is 3.64. The second-order valence-corrected chi connectivity index (χ2v) is 3.70. The molecule has 0 saturated heterocycles. The normalized spacial score (nSPS) is 10.0. The number of rotatable bonds is 5. The summed E-state index contributed by atoms with van der Waals surface area (Å²) in [5.41, 5.74) is 1.00. The molecule has 0 atom stereocenters. The summed E-state index contributed by atoms with van der Waals surface area (Å²) in [6.45, 7) is 4.06. The van der Waals surface area contributed by atoms with E-state index in [1.54, 1.807) is 0 Å². The number of benzene rings is 1. The molecule has 2 nitrogen and oxygen atoms in total. The predicted octanol–water partition coefficient (Wildman–Crippen LogP) is 3.48. The third kappa shape index (κ3) is 4.15. The SMILES string of the molecule is CCCCCC(=O)Oc1ccccc1C. The zero-order valence-corrected chi connectivity index (χ0v) is 9.45. The summed E-state index contributed by atoms with van der Waals surface area (Å²) in [6, 6.07) is 7.58. The quantitative estimate of drug-likeness (QED) is 0.419. The Balaban J connectivity index is 2.41. The highest BCUT2D eigenvalue weighted by Crippen LogP contribution is 2.17. The van der Waals surface area contributed by atoms with Gasteiger partial charge in [-0.3, -0.25) is 4.79 Å². The van der Waals surface area contributed by atoms with Crippen molar-refractivity contribution in [3.05, 3.63) is 29.8 Å². The molecule has 0 heterocycles. The van der Waals surface area contributed by atoms with E-state index in [0.29, 0.717) is 12.2 Å². The highest BCUT2D eigenvalue weighted by atomic mass is 16.5. The van der Waals surface area contributed by atoms with Crippen molar-refractivity contribution < 1.29 is 9.53 Å². The Labute approximate surface area is 91.3 Å². The maximum absolute atomic E-state index is 11.4. The Morgan fingerprint density at radius 2 is 2.00 bits per heavy atom. The number of para-hydroxylation sites is 1. The number of ether oxygens (including phenoxy) is 1. The van der Waals surface area contributed by atoms with Gasteiger partial charge in [-0.1, -0.05) is 38.0 Å². The minimum atomic E-state index is -0.127. The Bertz CT molecular complexity index is 318. The molecule has 0 spiro atoms. The Hall–Kier alpha value is -1.31. The summed E-state index contributed by atoms with van der Waals surface area (Å²) < 4.78 is 5.25. The van der Waals surface area contributed by atoms with E-state index in [0.717, 1.165) is 24.8 Å². The molecule has 82 valence electrons. The molecule has 0 aliphatic rings. The number of hydrogen-bond donors (Lipinski definition) is 0. The van der Waals surface area contributed by atoms with Gasteiger partial charge in [0.05, 0.1) is 0 Å². The van der Waals surface area contributed by atoms with Crippen molar-refractivity contribution in [3.8, 4) is 5.75 Å². The van der Waals surface area contributed by atoms with Gasteiger partial charge in [0, 0.05) is 6.42 Å². The Kier molecular flexibility index (Phi) is 4.88. The molecule has 0 radical (unpaired) electrons. The van der Waals surface area contributed by atoms with E-state index in [1.165, 1.54) is 0 Å². The van der Waals surface area contributed by atoms with Gasteiger partial charge >= 0.3 is 5.97 Å². The highest BCUT2D eigenvalue weighted by Gasteiger charge is 2.05. The second-order valence-electron chi connectivity index (χ2n) is 3.70. The topological polar surface area (TPSA) is 26.3 Å². The molecular formula is C13H18O2. The van der Waals surface area contributed by atoms with Crippen LogP contribution in [0.5, 0.6) is 5.75 Å². The van der Waals surface area contributed by atoms with E-state index in [4.69, 9.17) is 4.74 Å². The van der Waals surface area contributed by atoms with Crippen LogP contribution in [0.15, 0.2) is 24.3 Å². The molecule has 0 N–H and O–H groups in total. The lowest BCUT2D eigenvalue weighted by atomic mass is 10.2. The molecule has 0 bridgehead atoms. The summed E-state index contributed by atoms with van der Waals surface area (Å²) in [7, 11) is 0. The van der Waals surface area contributed by atoms with Crippen LogP contribution >= 0.6 is 0 Å². The number of esters is 1. The monoisotopic (exact) mass is 206 g/mol. The van der Waals surface area contributed by atoms with Crippen molar-refractivity contribution in [2.24, 2.45) is 0 Å². The molecule has 0 aliphatic heterocycles. The van der Waals surface area contributed by atoms with Gasteiger partial charge in [0.25, 0.3) is 0 Å². The third-order valence-corrected chi connectivity index (χ3v) is 2.30. The van der Waals surface area contributed by atoms with Gasteiger partial charge in [-0.15, -0.1) is 0 Å². The van der Waals surface area contributed by atoms with Crippen molar-refractivity contribution >= 4 is 5.97 Å². The van der Waals surface area contributed by atoms with Crippen LogP contribution in [0.2, 0.25) is 0 Å². The van der Waals surface area contributed by atoms with E-state index in [-0.39, 0.29) is 5.97 Å². The van der Waals surface area contributed by atoms with E-state index in [2.05, 4.69) is 6.92 Å². The van der Waals surface area contributed by atoms with Crippen LogP contribution in [0.3, 0.4) is 0 Å². The zero-order chi connectivity index (χ0) is 11.1. The van der Waals surface area contributed by atoms with Gasteiger partial charge in [-0.2, -0.15) is 0 Å². The van der Waals surface area contributed by atoms with Gasteiger partial charge in [0.15, 0.2) is 0 Å². The van der Waals surface area contributed by atoms with Crippen molar-refractivity contribution in [2.75, 3.05) is 0 Å². The fourth-order valence-electron chi connectivity index (χ4n) is 1.36. The number of unbranched alkanes of at least 4 members (excludes halogenated alkanes) is 2. The molecule has 0 saturated carbocycles. The summed E-state index contributed by atoms with van der Waals surface area (Å²) in [4.78, 5) is 11.4. The first-order chi connectivity index (χ1) is 7.24. The summed E-state index contributed by atoms with van der Waals surface area (Å²) >= 11 is 0. The smallest absolute Gasteiger partial charge is 0.311 e. The van der Waals surface area contributed by atoms with Crippen LogP contribution in [0.25, 0.3) is 0 Å². The molecule has 15 heavy (non-hydrogen) atoms. The molecule has 0 fully saturated rings. The number of hydrogen-bond acceptors (Lipinski definition) is 2. The Morgan fingerprint density at radius 1 is 1.27 bits per heavy atom. The predicted molar refractivity (Wildman–Crippen MR) is 61.0 cm³/mol. The molecule has 0 amide bonds. The van der Waals surface area contributed by atoms with E-state index >= 15 is 0 Å². The molecule has 1 aromatic carbocycles. The van der Waals surface area contributed by atoms with Gasteiger partial charge in [-0.25, -0.2) is 0 Å². The van der Waals surface area contributed by atoms with Crippen molar-refractivity contribution in [1.82, 2.24) is 0 Å². The van der Waals surface area contributed by atoms with Crippen LogP contribution in [0, 0.1) is 6.92 Å². The lowest BCUT2D eigenvalue weighted by Crippen LogP contribution is -2.08. The fraction of sp³-hybridized carbons (Fsp3) is 0.462. The fourth-order valence-corrected chi connectivity index (χ4v) is 1.36. The first kappa shape index (κ1) is 11.8. The number of aryl methyl sites for hydroxylation is 1. The van der Waals surface area contributed by atoms with Crippen molar-refractivity contribution in [2.45, 2.75) is 39.5 Å². The average molecular weight is 206 g/mol. The minimum absolute atomic E-state index is 0.127. The van der Waals surface area contributed by atoms with E-state index < -0.39 is 0 Å². The van der Waals surface area contributed by atoms with E-state index in [9.17, 15) is 4.79 Å². The average Bonchev–Trinajstić information content (AvgIpc) is 2.22. The molecule has 1 rings (SSSR count). The lowest BCUT2D eigenvalue weighted by Gasteiger charge is -2.06. The largest absolute Gasteiger partial charge is 0.426 e. The zero-order valence-electron chi connectivity index (χ0n) is 9.45. The van der Waals surface area contributed by atoms with Gasteiger partial charge in [0.1, 0.15) is 5.75 Å². The van der Waals surface area contributed by atoms with Gasteiger partial charge in [0.2, 0.25) is 0 Å². The molecule has 0 unspecified atom stereocenters. The van der Waals surface area contributed by atoms with Crippen molar-refractivity contribution in [3.63, 3.8) is 0 Å².